The lowest BCUT2D eigenvalue weighted by Gasteiger charge is -2.16. The van der Waals surface area contributed by atoms with Crippen LogP contribution in [0.2, 0.25) is 25.7 Å². The minimum Gasteiger partial charge on any atom is -0.380 e. The first kappa shape index (κ1) is 41.2. The van der Waals surface area contributed by atoms with E-state index in [1.54, 1.807) is 32.9 Å². The molecule has 0 unspecified atom stereocenters. The number of aromatic nitrogens is 8. The van der Waals surface area contributed by atoms with Crippen LogP contribution in [0.15, 0.2) is 119 Å². The van der Waals surface area contributed by atoms with Gasteiger partial charge in [-0.2, -0.15) is 0 Å². The third-order valence-electron chi connectivity index (χ3n) is 9.23. The van der Waals surface area contributed by atoms with Crippen molar-refractivity contribution in [2.24, 2.45) is 0 Å². The molecule has 11 nitrogen and oxygen atoms in total. The molecule has 14 heteroatoms. The Hall–Kier alpha value is -4.96. The lowest BCUT2D eigenvalue weighted by Crippen LogP contribution is -2.22. The summed E-state index contributed by atoms with van der Waals surface area (Å²) in [5, 5.41) is 0. The molecule has 0 spiro atoms. The van der Waals surface area contributed by atoms with E-state index in [9.17, 15) is 0 Å². The molecule has 0 bridgehead atoms. The third kappa shape index (κ3) is 10.2. The average Bonchev–Trinajstić information content (AvgIpc) is 3.88. The zero-order chi connectivity index (χ0) is 40.6. The van der Waals surface area contributed by atoms with Crippen LogP contribution in [0.1, 0.15) is 11.1 Å². The molecule has 0 saturated heterocycles. The van der Waals surface area contributed by atoms with Crippen LogP contribution in [-0.2, 0) is 34.2 Å². The number of rotatable bonds is 13. The summed E-state index contributed by atoms with van der Waals surface area (Å²) in [5.74, 6) is 0. The lowest BCUT2D eigenvalue weighted by molar-refractivity contribution is 0.0882. The number of H-pyrrole nitrogens is 1. The Morgan fingerprint density at radius 3 is 1.90 bits per heavy atom. The second-order valence-electron chi connectivity index (χ2n) is 14.9. The fourth-order valence-electron chi connectivity index (χ4n) is 6.41. The monoisotopic (exact) mass is 918 g/mol. The van der Waals surface area contributed by atoms with Crippen molar-refractivity contribution in [2.45, 2.75) is 45.6 Å². The van der Waals surface area contributed by atoms with E-state index in [-0.39, 0.29) is 0 Å². The van der Waals surface area contributed by atoms with Crippen molar-refractivity contribution in [1.82, 2.24) is 39.5 Å². The quantitative estimate of drug-likeness (QED) is 0.0888. The number of hydrogen-bond acceptors (Lipinski definition) is 9. The van der Waals surface area contributed by atoms with E-state index in [0.717, 1.165) is 100 Å². The molecule has 6 heterocycles. The summed E-state index contributed by atoms with van der Waals surface area (Å²) in [6.07, 6.45) is 7.08. The number of halogens is 2. The molecule has 1 N–H and O–H groups in total. The number of pyridine rings is 4. The Morgan fingerprint density at radius 2 is 1.26 bits per heavy atom. The van der Waals surface area contributed by atoms with Gasteiger partial charge in [-0.3, -0.25) is 9.97 Å². The van der Waals surface area contributed by atoms with E-state index in [1.807, 2.05) is 67.0 Å². The van der Waals surface area contributed by atoms with Crippen LogP contribution >= 0.6 is 31.9 Å². The number of nitrogens with zero attached hydrogens (tertiary/aromatic N) is 7. The fraction of sp³-hybridized carbons (Fsp3) is 0.227. The Labute approximate surface area is 355 Å². The lowest BCUT2D eigenvalue weighted by atomic mass is 10.0. The van der Waals surface area contributed by atoms with Gasteiger partial charge in [-0.25, -0.2) is 19.9 Å². The van der Waals surface area contributed by atoms with E-state index < -0.39 is 8.07 Å². The van der Waals surface area contributed by atoms with Crippen LogP contribution in [0.5, 0.6) is 0 Å². The number of fused-ring (bicyclic) bond motifs is 2. The van der Waals surface area contributed by atoms with Gasteiger partial charge >= 0.3 is 0 Å². The Balaban J connectivity index is 0.000000183. The summed E-state index contributed by atoms with van der Waals surface area (Å²) >= 11 is 6.94. The number of imidazole rings is 2. The first-order valence-electron chi connectivity index (χ1n) is 18.8. The smallest absolute Gasteiger partial charge is 0.124 e. The third-order valence-corrected chi connectivity index (χ3v) is 11.8. The van der Waals surface area contributed by atoms with Gasteiger partial charge in [-0.1, -0.05) is 56.0 Å². The topological polar surface area (TPSA) is 126 Å². The second kappa shape index (κ2) is 18.7. The minimum absolute atomic E-state index is 0.446. The first-order valence-corrected chi connectivity index (χ1v) is 24.1. The number of methoxy groups -OCH3 is 2. The zero-order valence-electron chi connectivity index (χ0n) is 33.0. The highest BCUT2D eigenvalue weighted by Crippen LogP contribution is 2.33. The molecule has 0 aliphatic carbocycles. The zero-order valence-corrected chi connectivity index (χ0v) is 37.2. The fourth-order valence-corrected chi connectivity index (χ4v) is 7.80. The van der Waals surface area contributed by atoms with Crippen LogP contribution in [0, 0.1) is 0 Å². The molecule has 0 saturated carbocycles. The standard InChI is InChI=1S/C25H29BrN4O2Si.C19H15BrN4O/c1-31-15-18-6-5-7-19(12-18)25-24(28-16-30(25)17-32-10-11-33(2,3)4)22-9-8-21-23(29-22)13-20(26)14-27-21;1-25-10-12-3-2-4-13(7-12)18-19(23-11-22-18)16-6-5-15-17(24-16)8-14(20)9-21-15/h5-9,12-14,16H,10-11,15,17H2,1-4H3;2-9,11H,10H2,1H3,(H,22,23). The van der Waals surface area contributed by atoms with Crippen molar-refractivity contribution < 1.29 is 14.2 Å². The molecule has 0 atom stereocenters. The summed E-state index contributed by atoms with van der Waals surface area (Å²) in [4.78, 5) is 30.9. The molecule has 0 radical (unpaired) electrons. The summed E-state index contributed by atoms with van der Waals surface area (Å²) < 4.78 is 20.5. The molecular weight excluding hydrogens is 876 g/mol. The predicted octanol–water partition coefficient (Wildman–Crippen LogP) is 11.0. The van der Waals surface area contributed by atoms with Gasteiger partial charge in [0, 0.05) is 61.4 Å². The maximum absolute atomic E-state index is 6.07. The molecule has 8 aromatic rings. The van der Waals surface area contributed by atoms with Crippen LogP contribution in [0.4, 0.5) is 0 Å². The van der Waals surface area contributed by atoms with Crippen molar-refractivity contribution in [2.75, 3.05) is 20.8 Å². The molecule has 58 heavy (non-hydrogen) atoms. The van der Waals surface area contributed by atoms with Gasteiger partial charge in [0.15, 0.2) is 0 Å². The summed E-state index contributed by atoms with van der Waals surface area (Å²) in [7, 11) is 2.25. The molecule has 6 aromatic heterocycles. The largest absolute Gasteiger partial charge is 0.380 e. The van der Waals surface area contributed by atoms with E-state index >= 15 is 0 Å². The number of benzene rings is 2. The SMILES string of the molecule is COCc1cccc(-c2c(-c3ccc4ncc(Br)cc4n3)ncn2COCC[Si](C)(C)C)c1.COCc1cccc(-c2nc[nH]c2-c2ccc3ncc(Br)cc3n2)c1. The number of ether oxygens (including phenoxy) is 3. The van der Waals surface area contributed by atoms with Gasteiger partial charge in [0.2, 0.25) is 0 Å². The van der Waals surface area contributed by atoms with E-state index in [1.165, 1.54) is 0 Å². The van der Waals surface area contributed by atoms with Crippen molar-refractivity contribution in [3.8, 4) is 45.3 Å². The van der Waals surface area contributed by atoms with E-state index in [4.69, 9.17) is 29.2 Å². The highest BCUT2D eigenvalue weighted by atomic mass is 79.9. The molecule has 8 rings (SSSR count). The first-order chi connectivity index (χ1) is 28.1. The minimum atomic E-state index is -1.15. The van der Waals surface area contributed by atoms with E-state index in [2.05, 4.69) is 100 Å². The molecule has 296 valence electrons. The van der Waals surface area contributed by atoms with Crippen LogP contribution in [-0.4, -0.2) is 68.4 Å². The van der Waals surface area contributed by atoms with Gasteiger partial charge in [-0.05, 0) is 97.6 Å². The highest BCUT2D eigenvalue weighted by molar-refractivity contribution is 9.10. The average molecular weight is 921 g/mol. The maximum atomic E-state index is 6.07. The Bertz CT molecular complexity index is 2660. The van der Waals surface area contributed by atoms with Gasteiger partial charge < -0.3 is 23.8 Å². The number of aromatic amines is 1. The van der Waals surface area contributed by atoms with Crippen LogP contribution < -0.4 is 0 Å². The van der Waals surface area contributed by atoms with Crippen molar-refractivity contribution >= 4 is 62.0 Å². The van der Waals surface area contributed by atoms with Crippen LogP contribution in [0.25, 0.3) is 67.4 Å². The molecule has 0 aliphatic rings. The van der Waals surface area contributed by atoms with Gasteiger partial charge in [0.1, 0.15) is 12.4 Å². The maximum Gasteiger partial charge on any atom is 0.124 e. The van der Waals surface area contributed by atoms with Crippen molar-refractivity contribution in [3.05, 3.63) is 130 Å². The summed E-state index contributed by atoms with van der Waals surface area (Å²) in [6.45, 7) is 9.40. The predicted molar refractivity (Wildman–Crippen MR) is 240 cm³/mol. The molecule has 2 aromatic carbocycles. The normalized spacial score (nSPS) is 11.6. The van der Waals surface area contributed by atoms with Gasteiger partial charge in [0.25, 0.3) is 0 Å². The van der Waals surface area contributed by atoms with Crippen molar-refractivity contribution in [3.63, 3.8) is 0 Å². The van der Waals surface area contributed by atoms with E-state index in [0.29, 0.717) is 19.9 Å². The Morgan fingerprint density at radius 1 is 0.655 bits per heavy atom. The molecule has 0 aliphatic heterocycles. The number of hydrogen-bond donors (Lipinski definition) is 1. The summed E-state index contributed by atoms with van der Waals surface area (Å²) in [6, 6.07) is 29.5. The highest BCUT2D eigenvalue weighted by Gasteiger charge is 2.19. The number of nitrogens with one attached hydrogen (secondary N) is 1. The molecular formula is C44H44Br2N8O3Si. The molecule has 0 fully saturated rings. The van der Waals surface area contributed by atoms with Gasteiger partial charge in [0.05, 0.1) is 76.4 Å². The summed E-state index contributed by atoms with van der Waals surface area (Å²) in [5.41, 5.74) is 12.8. The second-order valence-corrected chi connectivity index (χ2v) is 22.4. The molecule has 0 amide bonds. The Kier molecular flexibility index (Phi) is 13.3. The van der Waals surface area contributed by atoms with Gasteiger partial charge in [-0.15, -0.1) is 0 Å². The van der Waals surface area contributed by atoms with Crippen molar-refractivity contribution in [1.29, 1.82) is 0 Å². The van der Waals surface area contributed by atoms with Crippen LogP contribution in [0.3, 0.4) is 0 Å².